The van der Waals surface area contributed by atoms with Crippen molar-refractivity contribution in [2.45, 2.75) is 6.92 Å². The van der Waals surface area contributed by atoms with E-state index < -0.39 is 7.37 Å². The van der Waals surface area contributed by atoms with E-state index in [0.29, 0.717) is 27.9 Å². The number of fused-ring (bicyclic) bond motifs is 6. The number of aromatic nitrogens is 1. The summed E-state index contributed by atoms with van der Waals surface area (Å²) in [5, 5.41) is 2.93. The molecule has 0 amide bonds. The first-order valence-electron chi connectivity index (χ1n) is 12.8. The first kappa shape index (κ1) is 23.6. The Hall–Kier alpha value is -4.47. The van der Waals surface area contributed by atoms with Crippen LogP contribution in [0.25, 0.3) is 38.6 Å². The SMILES string of the molecule is COc1c(P2(=O)Oc3ccccc3-c3ccccc32)cc(OC)c2c1c1ccccc1n2-c1ccc(C)cc1. The first-order valence-corrected chi connectivity index (χ1v) is 14.4. The maximum Gasteiger partial charge on any atom is 0.311 e. The number of rotatable bonds is 4. The Labute approximate surface area is 226 Å². The topological polar surface area (TPSA) is 49.7 Å². The lowest BCUT2D eigenvalue weighted by Crippen LogP contribution is -2.26. The molecule has 1 aromatic heterocycles. The molecule has 0 fully saturated rings. The van der Waals surface area contributed by atoms with Crippen molar-refractivity contribution in [1.29, 1.82) is 0 Å². The maximum absolute atomic E-state index is 15.2. The fourth-order valence-electron chi connectivity index (χ4n) is 5.73. The minimum atomic E-state index is -3.65. The van der Waals surface area contributed by atoms with Crippen LogP contribution >= 0.6 is 7.37 Å². The summed E-state index contributed by atoms with van der Waals surface area (Å²) in [6.07, 6.45) is 0. The number of hydrogen-bond acceptors (Lipinski definition) is 4. The van der Waals surface area contributed by atoms with Crippen molar-refractivity contribution in [3.8, 4) is 34.1 Å². The predicted molar refractivity (Wildman–Crippen MR) is 158 cm³/mol. The molecule has 6 heteroatoms. The van der Waals surface area contributed by atoms with Crippen LogP contribution in [0.1, 0.15) is 5.56 Å². The van der Waals surface area contributed by atoms with Gasteiger partial charge >= 0.3 is 7.37 Å². The van der Waals surface area contributed by atoms with E-state index in [1.54, 1.807) is 14.2 Å². The third-order valence-electron chi connectivity index (χ3n) is 7.49. The largest absolute Gasteiger partial charge is 0.495 e. The zero-order chi connectivity index (χ0) is 26.7. The van der Waals surface area contributed by atoms with E-state index in [-0.39, 0.29) is 0 Å². The van der Waals surface area contributed by atoms with Crippen molar-refractivity contribution in [2.24, 2.45) is 0 Å². The molecular formula is C33H26NO4P. The molecule has 0 aliphatic carbocycles. The van der Waals surface area contributed by atoms with Crippen LogP contribution in [0.4, 0.5) is 0 Å². The molecule has 1 aliphatic heterocycles. The van der Waals surface area contributed by atoms with Gasteiger partial charge in [0.1, 0.15) is 22.8 Å². The van der Waals surface area contributed by atoms with Crippen molar-refractivity contribution < 1.29 is 18.6 Å². The predicted octanol–water partition coefficient (Wildman–Crippen LogP) is 7.40. The summed E-state index contributed by atoms with van der Waals surface area (Å²) in [6, 6.07) is 33.8. The lowest BCUT2D eigenvalue weighted by molar-refractivity contribution is 0.411. The molecule has 0 radical (unpaired) electrons. The van der Waals surface area contributed by atoms with Crippen LogP contribution in [0.3, 0.4) is 0 Å². The van der Waals surface area contributed by atoms with Gasteiger partial charge in [-0.1, -0.05) is 72.3 Å². The van der Waals surface area contributed by atoms with Crippen molar-refractivity contribution in [3.63, 3.8) is 0 Å². The third-order valence-corrected chi connectivity index (χ3v) is 9.94. The van der Waals surface area contributed by atoms with Gasteiger partial charge < -0.3 is 18.6 Å². The van der Waals surface area contributed by atoms with Gasteiger partial charge in [-0.3, -0.25) is 4.57 Å². The van der Waals surface area contributed by atoms with E-state index in [0.717, 1.165) is 38.6 Å². The number of benzene rings is 5. The molecule has 0 bridgehead atoms. The number of hydrogen-bond donors (Lipinski definition) is 0. The highest BCUT2D eigenvalue weighted by atomic mass is 31.2. The van der Waals surface area contributed by atoms with Crippen LogP contribution in [0.2, 0.25) is 0 Å². The van der Waals surface area contributed by atoms with Crippen molar-refractivity contribution in [3.05, 3.63) is 109 Å². The highest BCUT2D eigenvalue weighted by molar-refractivity contribution is 7.75. The molecule has 0 N–H and O–H groups in total. The summed E-state index contributed by atoms with van der Waals surface area (Å²) >= 11 is 0. The molecule has 1 unspecified atom stereocenters. The molecule has 0 spiro atoms. The molecule has 7 rings (SSSR count). The number of aryl methyl sites for hydroxylation is 1. The quantitative estimate of drug-likeness (QED) is 0.223. The molecule has 39 heavy (non-hydrogen) atoms. The number of para-hydroxylation sites is 2. The van der Waals surface area contributed by atoms with Crippen molar-refractivity contribution in [2.75, 3.05) is 14.2 Å². The molecule has 6 aromatic rings. The fourth-order valence-corrected chi connectivity index (χ4v) is 8.17. The zero-order valence-corrected chi connectivity index (χ0v) is 22.7. The van der Waals surface area contributed by atoms with Gasteiger partial charge in [0.15, 0.2) is 0 Å². The van der Waals surface area contributed by atoms with Gasteiger partial charge in [0.25, 0.3) is 0 Å². The molecular weight excluding hydrogens is 505 g/mol. The van der Waals surface area contributed by atoms with E-state index in [4.69, 9.17) is 14.0 Å². The van der Waals surface area contributed by atoms with E-state index in [1.165, 1.54) is 5.56 Å². The van der Waals surface area contributed by atoms with E-state index in [2.05, 4.69) is 47.9 Å². The van der Waals surface area contributed by atoms with Crippen molar-refractivity contribution >= 4 is 39.8 Å². The lowest BCUT2D eigenvalue weighted by Gasteiger charge is -2.30. The second-order valence-corrected chi connectivity index (χ2v) is 11.9. The molecule has 1 atom stereocenters. The zero-order valence-electron chi connectivity index (χ0n) is 21.8. The van der Waals surface area contributed by atoms with Gasteiger partial charge in [-0.05, 0) is 42.8 Å². The van der Waals surface area contributed by atoms with Crippen LogP contribution in [0, 0.1) is 6.92 Å². The number of ether oxygens (including phenoxy) is 2. The monoisotopic (exact) mass is 531 g/mol. The second-order valence-electron chi connectivity index (χ2n) is 9.70. The molecule has 0 saturated heterocycles. The maximum atomic E-state index is 15.2. The molecule has 192 valence electrons. The Morgan fingerprint density at radius 3 is 2.21 bits per heavy atom. The van der Waals surface area contributed by atoms with E-state index in [9.17, 15) is 0 Å². The average molecular weight is 532 g/mol. The summed E-state index contributed by atoms with van der Waals surface area (Å²) in [4.78, 5) is 0. The van der Waals surface area contributed by atoms with Gasteiger partial charge in [0, 0.05) is 22.7 Å². The minimum Gasteiger partial charge on any atom is -0.495 e. The van der Waals surface area contributed by atoms with Crippen LogP contribution in [-0.2, 0) is 4.57 Å². The van der Waals surface area contributed by atoms with E-state index >= 15 is 4.57 Å². The Morgan fingerprint density at radius 1 is 0.744 bits per heavy atom. The lowest BCUT2D eigenvalue weighted by atomic mass is 10.0. The minimum absolute atomic E-state index is 0.475. The molecule has 1 aliphatic rings. The first-order chi connectivity index (χ1) is 19.0. The Bertz CT molecular complexity index is 1960. The normalized spacial score (nSPS) is 16.0. The third kappa shape index (κ3) is 3.36. The van der Waals surface area contributed by atoms with Crippen LogP contribution in [0.15, 0.2) is 103 Å². The summed E-state index contributed by atoms with van der Waals surface area (Å²) in [6.45, 7) is 2.07. The van der Waals surface area contributed by atoms with Gasteiger partial charge in [-0.15, -0.1) is 0 Å². The van der Waals surface area contributed by atoms with E-state index in [1.807, 2.05) is 66.7 Å². The summed E-state index contributed by atoms with van der Waals surface area (Å²) in [7, 11) is -0.383. The summed E-state index contributed by atoms with van der Waals surface area (Å²) < 4.78 is 36.0. The second kappa shape index (κ2) is 8.79. The Kier molecular flexibility index (Phi) is 5.33. The van der Waals surface area contributed by atoms with Gasteiger partial charge in [0.2, 0.25) is 0 Å². The van der Waals surface area contributed by atoms with Crippen LogP contribution < -0.4 is 24.6 Å². The molecule has 0 saturated carbocycles. The van der Waals surface area contributed by atoms with Gasteiger partial charge in [0.05, 0.1) is 35.7 Å². The van der Waals surface area contributed by atoms with Gasteiger partial charge in [-0.25, -0.2) is 0 Å². The molecule has 5 aromatic carbocycles. The number of methoxy groups -OCH3 is 2. The molecule has 2 heterocycles. The standard InChI is InChI=1S/C33H26NO4P/c1-21-16-18-22(19-17-21)34-26-13-7-4-12-25(26)31-32(34)28(36-2)20-30(33(31)37-3)39(35)29-15-9-6-11-24(29)23-10-5-8-14-27(23)38-39/h4-20H,1-3H3. The highest BCUT2D eigenvalue weighted by Crippen LogP contribution is 2.57. The van der Waals surface area contributed by atoms with Gasteiger partial charge in [-0.2, -0.15) is 0 Å². The number of nitrogens with zero attached hydrogens (tertiary/aromatic N) is 1. The molecule has 5 nitrogen and oxygen atoms in total. The summed E-state index contributed by atoms with van der Waals surface area (Å²) in [5.41, 5.74) is 5.84. The smallest absolute Gasteiger partial charge is 0.311 e. The van der Waals surface area contributed by atoms with Crippen LogP contribution in [-0.4, -0.2) is 18.8 Å². The van der Waals surface area contributed by atoms with Crippen LogP contribution in [0.5, 0.6) is 17.2 Å². The van der Waals surface area contributed by atoms with Crippen molar-refractivity contribution in [1.82, 2.24) is 4.57 Å². The average Bonchev–Trinajstić information content (AvgIpc) is 3.32. The Morgan fingerprint density at radius 2 is 1.44 bits per heavy atom. The summed E-state index contributed by atoms with van der Waals surface area (Å²) in [5.74, 6) is 1.70. The Balaban J connectivity index is 1.61. The highest BCUT2D eigenvalue weighted by Gasteiger charge is 2.41. The fraction of sp³-hybridized carbons (Fsp3) is 0.0909.